The molecule has 3 fully saturated rings. The highest BCUT2D eigenvalue weighted by Gasteiger charge is 2.48. The molecule has 0 unspecified atom stereocenters. The number of halogens is 2. The SMILES string of the molecule is [B]C([B])(c1c(F)cc(-c2ccc3cc[nH]c3c2)cc1F)N1CCC2(CC1)CN(C1CC1)C(=O)CO2. The molecule has 0 atom stereocenters. The van der Waals surface area contributed by atoms with Crippen LogP contribution in [0.5, 0.6) is 0 Å². The van der Waals surface area contributed by atoms with E-state index in [0.717, 1.165) is 23.7 Å². The molecule has 35 heavy (non-hydrogen) atoms. The molecular weight excluding hydrogens is 446 g/mol. The molecule has 1 aromatic heterocycles. The van der Waals surface area contributed by atoms with Crippen LogP contribution >= 0.6 is 0 Å². The van der Waals surface area contributed by atoms with E-state index in [4.69, 9.17) is 20.4 Å². The zero-order valence-electron chi connectivity index (χ0n) is 19.4. The third kappa shape index (κ3) is 3.99. The summed E-state index contributed by atoms with van der Waals surface area (Å²) in [4.78, 5) is 19.0. The van der Waals surface area contributed by atoms with Gasteiger partial charge in [0.05, 0.1) is 27.8 Å². The van der Waals surface area contributed by atoms with Crippen LogP contribution in [-0.2, 0) is 14.9 Å². The van der Waals surface area contributed by atoms with Gasteiger partial charge >= 0.3 is 0 Å². The smallest absolute Gasteiger partial charge is 0.248 e. The summed E-state index contributed by atoms with van der Waals surface area (Å²) in [6.45, 7) is 1.44. The van der Waals surface area contributed by atoms with Crippen LogP contribution in [0, 0.1) is 11.6 Å². The molecule has 3 heterocycles. The Morgan fingerprint density at radius 3 is 2.43 bits per heavy atom. The van der Waals surface area contributed by atoms with Gasteiger partial charge in [0, 0.05) is 36.4 Å². The van der Waals surface area contributed by atoms with Crippen LogP contribution in [-0.4, -0.2) is 74.3 Å². The van der Waals surface area contributed by atoms with E-state index >= 15 is 8.78 Å². The number of aromatic nitrogens is 1. The van der Waals surface area contributed by atoms with Crippen molar-refractivity contribution >= 4 is 32.5 Å². The van der Waals surface area contributed by atoms with Crippen LogP contribution in [0.1, 0.15) is 31.2 Å². The first kappa shape index (κ1) is 22.8. The second kappa shape index (κ2) is 8.20. The summed E-state index contributed by atoms with van der Waals surface area (Å²) in [7, 11) is 12.8. The summed E-state index contributed by atoms with van der Waals surface area (Å²) in [5, 5.41) is -0.804. The van der Waals surface area contributed by atoms with Crippen LogP contribution in [0.4, 0.5) is 8.78 Å². The molecule has 5 nitrogen and oxygen atoms in total. The fraction of sp³-hybridized carbons (Fsp3) is 0.423. The molecule has 3 aliphatic rings. The molecule has 2 aromatic carbocycles. The number of morpholine rings is 1. The predicted octanol–water partition coefficient (Wildman–Crippen LogP) is 3.42. The van der Waals surface area contributed by atoms with Crippen molar-refractivity contribution in [2.45, 2.75) is 42.7 Å². The molecule has 0 bridgehead atoms. The summed E-state index contributed by atoms with van der Waals surface area (Å²) >= 11 is 0. The number of rotatable bonds is 4. The van der Waals surface area contributed by atoms with E-state index in [-0.39, 0.29) is 18.1 Å². The molecule has 2 saturated heterocycles. The van der Waals surface area contributed by atoms with Crippen molar-refractivity contribution in [2.75, 3.05) is 26.2 Å². The number of H-pyrrole nitrogens is 1. The number of likely N-dealkylation sites (tertiary alicyclic amines) is 1. The highest BCUT2D eigenvalue weighted by atomic mass is 19.1. The second-order valence-electron chi connectivity index (χ2n) is 10.1. The monoisotopic (exact) mass is 471 g/mol. The zero-order valence-corrected chi connectivity index (χ0v) is 19.4. The number of hydrogen-bond donors (Lipinski definition) is 1. The lowest BCUT2D eigenvalue weighted by Gasteiger charge is -2.51. The lowest BCUT2D eigenvalue weighted by molar-refractivity contribution is -0.173. The quantitative estimate of drug-likeness (QED) is 0.594. The van der Waals surface area contributed by atoms with Crippen molar-refractivity contribution in [3.63, 3.8) is 0 Å². The minimum absolute atomic E-state index is 0.0344. The van der Waals surface area contributed by atoms with Gasteiger partial charge in [0.25, 0.3) is 0 Å². The highest BCUT2D eigenvalue weighted by molar-refractivity contribution is 6.39. The fourth-order valence-electron chi connectivity index (χ4n) is 5.56. The van der Waals surface area contributed by atoms with E-state index < -0.39 is 22.6 Å². The topological polar surface area (TPSA) is 48.6 Å². The number of aromatic amines is 1. The number of carbonyl (C=O) groups excluding carboxylic acids is 1. The van der Waals surface area contributed by atoms with Crippen LogP contribution in [0.25, 0.3) is 22.0 Å². The molecule has 1 amide bonds. The first-order valence-corrected chi connectivity index (χ1v) is 12.1. The van der Waals surface area contributed by atoms with E-state index in [0.29, 0.717) is 49.6 Å². The van der Waals surface area contributed by atoms with E-state index in [1.54, 1.807) is 4.90 Å². The van der Waals surface area contributed by atoms with Crippen LogP contribution in [0.3, 0.4) is 0 Å². The standard InChI is InChI=1S/C26H25B2F2N3O2/c27-26(28,32-9-6-25(7-10-32)15-33(19-3-4-19)23(34)14-35-25)24-20(29)11-18(12-21(24)30)17-2-1-16-5-8-31-22(16)13-17/h1-2,5,8,11-13,19,31H,3-4,6-7,9-10,14-15H2. The fourth-order valence-corrected chi connectivity index (χ4v) is 5.56. The maximum Gasteiger partial charge on any atom is 0.248 e. The molecule has 1 spiro atoms. The summed E-state index contributed by atoms with van der Waals surface area (Å²) in [5.74, 6) is -1.53. The van der Waals surface area contributed by atoms with Gasteiger partial charge in [-0.3, -0.25) is 4.79 Å². The molecule has 3 aromatic rings. The Bertz CT molecular complexity index is 1280. The number of fused-ring (bicyclic) bond motifs is 1. The van der Waals surface area contributed by atoms with Crippen LogP contribution < -0.4 is 0 Å². The van der Waals surface area contributed by atoms with E-state index in [9.17, 15) is 4.79 Å². The van der Waals surface area contributed by atoms with Crippen molar-refractivity contribution in [3.05, 3.63) is 59.8 Å². The van der Waals surface area contributed by atoms with Crippen molar-refractivity contribution in [2.24, 2.45) is 0 Å². The normalized spacial score (nSPS) is 21.2. The van der Waals surface area contributed by atoms with Gasteiger partial charge in [0.1, 0.15) is 18.2 Å². The molecule has 4 radical (unpaired) electrons. The first-order chi connectivity index (χ1) is 16.8. The Labute approximate surface area is 205 Å². The Morgan fingerprint density at radius 2 is 1.74 bits per heavy atom. The van der Waals surface area contributed by atoms with Crippen molar-refractivity contribution in [1.82, 2.24) is 14.8 Å². The molecule has 1 saturated carbocycles. The number of carbonyl (C=O) groups is 1. The largest absolute Gasteiger partial charge is 0.363 e. The molecular formula is C26H25B2F2N3O2. The average molecular weight is 471 g/mol. The molecule has 176 valence electrons. The molecule has 6 rings (SSSR count). The van der Waals surface area contributed by atoms with Crippen molar-refractivity contribution < 1.29 is 18.3 Å². The summed E-state index contributed by atoms with van der Waals surface area (Å²) < 4.78 is 36.7. The van der Waals surface area contributed by atoms with Gasteiger partial charge in [0.15, 0.2) is 0 Å². The van der Waals surface area contributed by atoms with E-state index in [2.05, 4.69) is 4.98 Å². The minimum atomic E-state index is -1.82. The number of hydrogen-bond acceptors (Lipinski definition) is 3. The molecule has 2 aliphatic heterocycles. The molecule has 1 N–H and O–H groups in total. The minimum Gasteiger partial charge on any atom is -0.363 e. The molecule has 9 heteroatoms. The maximum absolute atomic E-state index is 15.3. The summed E-state index contributed by atoms with van der Waals surface area (Å²) in [6.07, 6.45) is 5.05. The zero-order chi connectivity index (χ0) is 24.4. The maximum atomic E-state index is 15.3. The van der Waals surface area contributed by atoms with Crippen molar-refractivity contribution in [1.29, 1.82) is 0 Å². The third-order valence-corrected chi connectivity index (χ3v) is 7.80. The highest BCUT2D eigenvalue weighted by Crippen LogP contribution is 2.39. The van der Waals surface area contributed by atoms with E-state index in [1.165, 1.54) is 12.1 Å². The predicted molar refractivity (Wildman–Crippen MR) is 131 cm³/mol. The Morgan fingerprint density at radius 1 is 1.03 bits per heavy atom. The number of nitrogens with one attached hydrogen (secondary N) is 1. The summed E-state index contributed by atoms with van der Waals surface area (Å²) in [5.41, 5.74) is 1.17. The first-order valence-electron chi connectivity index (χ1n) is 12.1. The van der Waals surface area contributed by atoms with Crippen LogP contribution in [0.15, 0.2) is 42.6 Å². The number of piperidine rings is 1. The van der Waals surface area contributed by atoms with Crippen molar-refractivity contribution in [3.8, 4) is 11.1 Å². The number of amides is 1. The third-order valence-electron chi connectivity index (χ3n) is 7.80. The second-order valence-corrected chi connectivity index (χ2v) is 10.1. The Hall–Kier alpha value is -2.64. The Balaban J connectivity index is 1.22. The lowest BCUT2D eigenvalue weighted by atomic mass is 9.56. The van der Waals surface area contributed by atoms with Gasteiger partial charge in [-0.25, -0.2) is 8.78 Å². The average Bonchev–Trinajstić information content (AvgIpc) is 3.57. The number of benzene rings is 2. The van der Waals surface area contributed by atoms with Gasteiger partial charge in [0.2, 0.25) is 5.91 Å². The lowest BCUT2D eigenvalue weighted by Crippen LogP contribution is -2.62. The Kier molecular flexibility index (Phi) is 5.34. The van der Waals surface area contributed by atoms with Gasteiger partial charge in [-0.1, -0.05) is 12.1 Å². The summed E-state index contributed by atoms with van der Waals surface area (Å²) in [6, 6.07) is 10.4. The molecule has 1 aliphatic carbocycles. The van der Waals surface area contributed by atoms with E-state index in [1.807, 2.05) is 35.4 Å². The van der Waals surface area contributed by atoms with Gasteiger partial charge in [-0.2, -0.15) is 0 Å². The number of nitrogens with zero attached hydrogens (tertiary/aromatic N) is 2. The van der Waals surface area contributed by atoms with Gasteiger partial charge in [-0.15, -0.1) is 0 Å². The number of ether oxygens (including phenoxy) is 1. The van der Waals surface area contributed by atoms with Gasteiger partial charge in [-0.05, 0) is 71.8 Å². The van der Waals surface area contributed by atoms with Crippen LogP contribution in [0.2, 0.25) is 0 Å². The van der Waals surface area contributed by atoms with Gasteiger partial charge < -0.3 is 19.5 Å².